The van der Waals surface area contributed by atoms with Crippen LogP contribution in [-0.2, 0) is 14.8 Å². The highest BCUT2D eigenvalue weighted by Gasteiger charge is 2.14. The van der Waals surface area contributed by atoms with Crippen LogP contribution in [0.15, 0.2) is 52.2 Å². The quantitative estimate of drug-likeness (QED) is 0.452. The van der Waals surface area contributed by atoms with Gasteiger partial charge in [0.15, 0.2) is 0 Å². The van der Waals surface area contributed by atoms with E-state index in [4.69, 9.17) is 4.74 Å². The fraction of sp³-hybridized carbons (Fsp3) is 0.222. The molecule has 0 aliphatic heterocycles. The molecule has 0 fully saturated rings. The maximum absolute atomic E-state index is 12.3. The van der Waals surface area contributed by atoms with E-state index < -0.39 is 10.0 Å². The van der Waals surface area contributed by atoms with Crippen LogP contribution in [0.2, 0.25) is 0 Å². The van der Waals surface area contributed by atoms with Crippen LogP contribution in [0.4, 0.5) is 5.69 Å². The van der Waals surface area contributed by atoms with E-state index in [0.29, 0.717) is 29.1 Å². The first-order valence-corrected chi connectivity index (χ1v) is 10.1. The molecule has 9 nitrogen and oxygen atoms in total. The topological polar surface area (TPSA) is 133 Å². The second kappa shape index (κ2) is 8.28. The summed E-state index contributed by atoms with van der Waals surface area (Å²) in [5.74, 6) is 0.230. The maximum atomic E-state index is 12.3. The Hall–Kier alpha value is -3.11. The van der Waals surface area contributed by atoms with Crippen LogP contribution in [0.5, 0.6) is 5.75 Å². The summed E-state index contributed by atoms with van der Waals surface area (Å²) in [5, 5.41) is 2.66. The minimum Gasteiger partial charge on any atom is -0.494 e. The Morgan fingerprint density at radius 3 is 2.50 bits per heavy atom. The van der Waals surface area contributed by atoms with Crippen LogP contribution in [0.25, 0.3) is 11.0 Å². The fourth-order valence-electron chi connectivity index (χ4n) is 2.60. The fourth-order valence-corrected chi connectivity index (χ4v) is 3.63. The van der Waals surface area contributed by atoms with Gasteiger partial charge in [0.25, 0.3) is 0 Å². The lowest BCUT2D eigenvalue weighted by Gasteiger charge is -2.09. The lowest BCUT2D eigenvalue weighted by Crippen LogP contribution is -2.27. The molecule has 4 N–H and O–H groups in total. The number of hydrogen-bond donors (Lipinski definition) is 4. The number of aromatic nitrogens is 2. The molecule has 1 aromatic heterocycles. The van der Waals surface area contributed by atoms with E-state index in [1.165, 1.54) is 12.1 Å². The van der Waals surface area contributed by atoms with Crippen LogP contribution >= 0.6 is 0 Å². The number of rotatable bonds is 8. The molecule has 0 bridgehead atoms. The van der Waals surface area contributed by atoms with Crippen molar-refractivity contribution in [2.24, 2.45) is 0 Å². The average molecular weight is 404 g/mol. The number of anilines is 1. The molecule has 0 atom stereocenters. The van der Waals surface area contributed by atoms with Gasteiger partial charge in [0.1, 0.15) is 5.75 Å². The number of amides is 1. The summed E-state index contributed by atoms with van der Waals surface area (Å²) in [6.07, 6.45) is -0.0437. The van der Waals surface area contributed by atoms with Crippen molar-refractivity contribution in [1.29, 1.82) is 0 Å². The standard InChI is InChI=1S/C18H20N4O5S/c1-2-27-13-4-6-14(7-5-13)28(25,26)19-10-9-17(23)20-12-3-8-15-16(11-12)22-18(24)21-15/h3-8,11,19H,2,9-10H2,1H3,(H,20,23)(H2,21,22,24). The predicted molar refractivity (Wildman–Crippen MR) is 105 cm³/mol. The molecule has 148 valence electrons. The van der Waals surface area contributed by atoms with Crippen molar-refractivity contribution in [2.45, 2.75) is 18.2 Å². The largest absolute Gasteiger partial charge is 0.494 e. The summed E-state index contributed by atoms with van der Waals surface area (Å²) in [6.45, 7) is 2.28. The van der Waals surface area contributed by atoms with Crippen molar-refractivity contribution in [3.05, 3.63) is 52.9 Å². The third kappa shape index (κ3) is 4.78. The number of H-pyrrole nitrogens is 2. The molecule has 28 heavy (non-hydrogen) atoms. The van der Waals surface area contributed by atoms with E-state index in [2.05, 4.69) is 20.0 Å². The average Bonchev–Trinajstić information content (AvgIpc) is 3.01. The number of fused-ring (bicyclic) bond motifs is 1. The Morgan fingerprint density at radius 2 is 1.79 bits per heavy atom. The molecule has 10 heteroatoms. The number of ether oxygens (including phenoxy) is 1. The SMILES string of the molecule is CCOc1ccc(S(=O)(=O)NCCC(=O)Nc2ccc3[nH]c(=O)[nH]c3c2)cc1. The summed E-state index contributed by atoms with van der Waals surface area (Å²) in [4.78, 5) is 28.6. The van der Waals surface area contributed by atoms with Gasteiger partial charge in [0.05, 0.1) is 22.5 Å². The summed E-state index contributed by atoms with van der Waals surface area (Å²) in [7, 11) is -3.72. The highest BCUT2D eigenvalue weighted by Crippen LogP contribution is 2.16. The molecule has 0 unspecified atom stereocenters. The second-order valence-electron chi connectivity index (χ2n) is 5.94. The maximum Gasteiger partial charge on any atom is 0.323 e. The van der Waals surface area contributed by atoms with Gasteiger partial charge < -0.3 is 20.0 Å². The van der Waals surface area contributed by atoms with E-state index in [1.54, 1.807) is 30.3 Å². The minimum absolute atomic E-state index is 0.0437. The van der Waals surface area contributed by atoms with Gasteiger partial charge in [0.2, 0.25) is 15.9 Å². The lowest BCUT2D eigenvalue weighted by atomic mass is 10.2. The first-order chi connectivity index (χ1) is 13.4. The van der Waals surface area contributed by atoms with Crippen LogP contribution in [0.3, 0.4) is 0 Å². The zero-order valence-corrected chi connectivity index (χ0v) is 15.9. The molecule has 0 aliphatic rings. The Labute approximate surface area is 161 Å². The molecule has 2 aromatic carbocycles. The van der Waals surface area contributed by atoms with Gasteiger partial charge >= 0.3 is 5.69 Å². The summed E-state index contributed by atoms with van der Waals surface area (Å²) in [6, 6.07) is 11.0. The van der Waals surface area contributed by atoms with E-state index in [-0.39, 0.29) is 29.5 Å². The molecule has 0 saturated carbocycles. The smallest absolute Gasteiger partial charge is 0.323 e. The third-order valence-electron chi connectivity index (χ3n) is 3.89. The molecule has 3 aromatic rings. The Kier molecular flexibility index (Phi) is 5.81. The van der Waals surface area contributed by atoms with Crippen LogP contribution in [-0.4, -0.2) is 37.4 Å². The third-order valence-corrected chi connectivity index (χ3v) is 5.37. The van der Waals surface area contributed by atoms with Gasteiger partial charge in [-0.2, -0.15) is 0 Å². The van der Waals surface area contributed by atoms with Gasteiger partial charge in [-0.15, -0.1) is 0 Å². The highest BCUT2D eigenvalue weighted by molar-refractivity contribution is 7.89. The van der Waals surface area contributed by atoms with E-state index in [9.17, 15) is 18.0 Å². The molecule has 3 rings (SSSR count). The minimum atomic E-state index is -3.72. The van der Waals surface area contributed by atoms with Crippen molar-refractivity contribution in [3.63, 3.8) is 0 Å². The van der Waals surface area contributed by atoms with Gasteiger partial charge in [-0.1, -0.05) is 0 Å². The summed E-state index contributed by atoms with van der Waals surface area (Å²) >= 11 is 0. The lowest BCUT2D eigenvalue weighted by molar-refractivity contribution is -0.116. The van der Waals surface area contributed by atoms with E-state index in [1.807, 2.05) is 6.92 Å². The number of sulfonamides is 1. The van der Waals surface area contributed by atoms with Gasteiger partial charge in [-0.25, -0.2) is 17.9 Å². The van der Waals surface area contributed by atoms with Crippen molar-refractivity contribution >= 4 is 32.7 Å². The van der Waals surface area contributed by atoms with Gasteiger partial charge in [-0.05, 0) is 49.4 Å². The Morgan fingerprint density at radius 1 is 1.07 bits per heavy atom. The number of benzene rings is 2. The monoisotopic (exact) mass is 404 g/mol. The number of carbonyl (C=O) groups is 1. The molecular weight excluding hydrogens is 384 g/mol. The van der Waals surface area contributed by atoms with Crippen LogP contribution in [0.1, 0.15) is 13.3 Å². The number of hydrogen-bond acceptors (Lipinski definition) is 5. The number of imidazole rings is 1. The van der Waals surface area contributed by atoms with Gasteiger partial charge in [-0.3, -0.25) is 4.79 Å². The molecule has 0 radical (unpaired) electrons. The number of aromatic amines is 2. The second-order valence-corrected chi connectivity index (χ2v) is 7.71. The van der Waals surface area contributed by atoms with Gasteiger partial charge in [0, 0.05) is 18.7 Å². The molecule has 1 amide bonds. The molecule has 0 spiro atoms. The predicted octanol–water partition coefficient (Wildman–Crippen LogP) is 1.56. The molecular formula is C18H20N4O5S. The Balaban J connectivity index is 1.54. The van der Waals surface area contributed by atoms with Crippen molar-refractivity contribution in [2.75, 3.05) is 18.5 Å². The Bertz CT molecular complexity index is 1130. The molecule has 0 saturated heterocycles. The van der Waals surface area contributed by atoms with Crippen molar-refractivity contribution in [1.82, 2.24) is 14.7 Å². The first kappa shape index (κ1) is 19.6. The van der Waals surface area contributed by atoms with Crippen molar-refractivity contribution in [3.8, 4) is 5.75 Å². The zero-order valence-electron chi connectivity index (χ0n) is 15.1. The van der Waals surface area contributed by atoms with Crippen LogP contribution in [0, 0.1) is 0 Å². The van der Waals surface area contributed by atoms with E-state index >= 15 is 0 Å². The van der Waals surface area contributed by atoms with E-state index in [0.717, 1.165) is 0 Å². The molecule has 0 aliphatic carbocycles. The summed E-state index contributed by atoms with van der Waals surface area (Å²) < 4.78 is 32.2. The van der Waals surface area contributed by atoms with Crippen molar-refractivity contribution < 1.29 is 17.9 Å². The number of carbonyl (C=O) groups excluding carboxylic acids is 1. The highest BCUT2D eigenvalue weighted by atomic mass is 32.2. The summed E-state index contributed by atoms with van der Waals surface area (Å²) in [5.41, 5.74) is 1.37. The normalized spacial score (nSPS) is 11.5. The van der Waals surface area contributed by atoms with Crippen LogP contribution < -0.4 is 20.5 Å². The zero-order chi connectivity index (χ0) is 20.1. The first-order valence-electron chi connectivity index (χ1n) is 8.62. The molecule has 1 heterocycles. The number of nitrogens with one attached hydrogen (secondary N) is 4.